The van der Waals surface area contributed by atoms with Crippen LogP contribution in [0.3, 0.4) is 0 Å². The summed E-state index contributed by atoms with van der Waals surface area (Å²) >= 11 is 0. The van der Waals surface area contributed by atoms with Gasteiger partial charge >= 0.3 is 0 Å². The number of anilines is 1. The molecule has 0 aromatic heterocycles. The summed E-state index contributed by atoms with van der Waals surface area (Å²) in [5.41, 5.74) is 4.36. The molecule has 1 aliphatic rings. The van der Waals surface area contributed by atoms with Crippen LogP contribution >= 0.6 is 0 Å². The fraction of sp³-hybridized carbons (Fsp3) is 0.316. The molecule has 2 aromatic rings. The van der Waals surface area contributed by atoms with Crippen molar-refractivity contribution in [3.63, 3.8) is 0 Å². The Morgan fingerprint density at radius 2 is 1.83 bits per heavy atom. The van der Waals surface area contributed by atoms with Crippen molar-refractivity contribution in [1.29, 1.82) is 0 Å². The maximum Gasteiger partial charge on any atom is 0.228 e. The number of hydrogen-bond donors (Lipinski definition) is 0. The van der Waals surface area contributed by atoms with Gasteiger partial charge in [-0.05, 0) is 41.7 Å². The Kier molecular flexibility index (Phi) is 4.71. The number of fused-ring (bicyclic) bond motifs is 1. The summed E-state index contributed by atoms with van der Waals surface area (Å²) < 4.78 is 22.6. The molecule has 1 aliphatic heterocycles. The summed E-state index contributed by atoms with van der Waals surface area (Å²) in [6, 6.07) is 16.3. The lowest BCUT2D eigenvalue weighted by molar-refractivity contribution is -0.118. The molecule has 0 radical (unpaired) electrons. The summed E-state index contributed by atoms with van der Waals surface area (Å²) in [5.74, 6) is -0.214. The van der Waals surface area contributed by atoms with Crippen molar-refractivity contribution in [2.75, 3.05) is 23.5 Å². The molecule has 0 N–H and O–H groups in total. The van der Waals surface area contributed by atoms with Crippen molar-refractivity contribution in [3.8, 4) is 11.1 Å². The largest absolute Gasteiger partial charge is 0.312 e. The van der Waals surface area contributed by atoms with Crippen LogP contribution in [0.4, 0.5) is 5.69 Å². The van der Waals surface area contributed by atoms with Crippen LogP contribution in [0.1, 0.15) is 18.4 Å². The van der Waals surface area contributed by atoms with E-state index in [2.05, 4.69) is 18.2 Å². The highest BCUT2D eigenvalue weighted by molar-refractivity contribution is 7.90. The molecule has 0 spiro atoms. The predicted molar refractivity (Wildman–Crippen MR) is 96.9 cm³/mol. The number of aryl methyl sites for hydroxylation is 1. The Balaban J connectivity index is 1.85. The first kappa shape index (κ1) is 16.7. The minimum atomic E-state index is -3.13. The van der Waals surface area contributed by atoms with Crippen LogP contribution in [0.5, 0.6) is 0 Å². The van der Waals surface area contributed by atoms with Gasteiger partial charge in [0.05, 0.1) is 5.75 Å². The smallest absolute Gasteiger partial charge is 0.228 e. The van der Waals surface area contributed by atoms with Gasteiger partial charge in [0.15, 0.2) is 0 Å². The number of nitrogens with zero attached hydrogens (tertiary/aromatic N) is 1. The standard InChI is InChI=1S/C19H21NO3S/c1-24(22,23)13-11-19(21)20-12-5-8-17-14-16(9-10-18(17)20)15-6-3-2-4-7-15/h2-4,6-7,9-10,14H,5,8,11-13H2,1H3. The van der Waals surface area contributed by atoms with E-state index in [0.29, 0.717) is 6.54 Å². The van der Waals surface area contributed by atoms with Gasteiger partial charge in [0.2, 0.25) is 5.91 Å². The van der Waals surface area contributed by atoms with Crippen LogP contribution in [-0.4, -0.2) is 32.9 Å². The molecule has 5 heteroatoms. The Labute approximate surface area is 143 Å². The van der Waals surface area contributed by atoms with Gasteiger partial charge in [-0.1, -0.05) is 36.4 Å². The molecule has 4 nitrogen and oxygen atoms in total. The highest BCUT2D eigenvalue weighted by Crippen LogP contribution is 2.32. The number of rotatable bonds is 4. The monoisotopic (exact) mass is 343 g/mol. The molecular formula is C19H21NO3S. The van der Waals surface area contributed by atoms with Crippen molar-refractivity contribution in [1.82, 2.24) is 0 Å². The van der Waals surface area contributed by atoms with Gasteiger partial charge in [0, 0.05) is 24.9 Å². The average Bonchev–Trinajstić information content (AvgIpc) is 2.59. The van der Waals surface area contributed by atoms with Gasteiger partial charge in [-0.25, -0.2) is 8.42 Å². The Morgan fingerprint density at radius 3 is 2.54 bits per heavy atom. The van der Waals surface area contributed by atoms with E-state index in [1.54, 1.807) is 4.90 Å². The summed E-state index contributed by atoms with van der Waals surface area (Å²) in [6.45, 7) is 0.653. The highest BCUT2D eigenvalue weighted by Gasteiger charge is 2.23. The molecule has 0 fully saturated rings. The minimum absolute atomic E-state index is 0.0404. The third-order valence-corrected chi connectivity index (χ3v) is 5.24. The topological polar surface area (TPSA) is 54.5 Å². The first-order valence-corrected chi connectivity index (χ1v) is 10.2. The number of sulfone groups is 1. The van der Waals surface area contributed by atoms with E-state index in [4.69, 9.17) is 0 Å². The van der Waals surface area contributed by atoms with E-state index in [1.807, 2.05) is 30.3 Å². The lowest BCUT2D eigenvalue weighted by atomic mass is 9.96. The second-order valence-corrected chi connectivity index (χ2v) is 8.50. The van der Waals surface area contributed by atoms with Crippen LogP contribution in [0.2, 0.25) is 0 Å². The molecule has 0 saturated carbocycles. The van der Waals surface area contributed by atoms with Crippen molar-refractivity contribution < 1.29 is 13.2 Å². The molecule has 1 amide bonds. The number of amides is 1. The molecule has 0 bridgehead atoms. The van der Waals surface area contributed by atoms with Gasteiger partial charge < -0.3 is 4.90 Å². The molecule has 0 atom stereocenters. The fourth-order valence-corrected chi connectivity index (χ4v) is 3.62. The zero-order chi connectivity index (χ0) is 17.2. The highest BCUT2D eigenvalue weighted by atomic mass is 32.2. The number of carbonyl (C=O) groups excluding carboxylic acids is 1. The van der Waals surface area contributed by atoms with Crippen molar-refractivity contribution in [2.24, 2.45) is 0 Å². The SMILES string of the molecule is CS(=O)(=O)CCC(=O)N1CCCc2cc(-c3ccccc3)ccc21. The van der Waals surface area contributed by atoms with Gasteiger partial charge in [-0.15, -0.1) is 0 Å². The average molecular weight is 343 g/mol. The van der Waals surface area contributed by atoms with Crippen LogP contribution in [0, 0.1) is 0 Å². The van der Waals surface area contributed by atoms with Crippen LogP contribution in [0.15, 0.2) is 48.5 Å². The number of hydrogen-bond acceptors (Lipinski definition) is 3. The lowest BCUT2D eigenvalue weighted by Crippen LogP contribution is -2.36. The van der Waals surface area contributed by atoms with Gasteiger partial charge in [-0.3, -0.25) is 4.79 Å². The second-order valence-electron chi connectivity index (χ2n) is 6.24. The quantitative estimate of drug-likeness (QED) is 0.857. The predicted octanol–water partition coefficient (Wildman–Crippen LogP) is 3.07. The Morgan fingerprint density at radius 1 is 1.08 bits per heavy atom. The molecular weight excluding hydrogens is 322 g/mol. The fourth-order valence-electron chi connectivity index (χ4n) is 3.07. The molecule has 0 unspecified atom stereocenters. The van der Waals surface area contributed by atoms with E-state index < -0.39 is 9.84 Å². The van der Waals surface area contributed by atoms with Gasteiger partial charge in [-0.2, -0.15) is 0 Å². The summed E-state index contributed by atoms with van der Waals surface area (Å²) in [6.07, 6.45) is 3.04. The summed E-state index contributed by atoms with van der Waals surface area (Å²) in [4.78, 5) is 14.2. The summed E-state index contributed by atoms with van der Waals surface area (Å²) in [7, 11) is -3.13. The van der Waals surface area contributed by atoms with Crippen molar-refractivity contribution >= 4 is 21.4 Å². The van der Waals surface area contributed by atoms with Crippen LogP contribution < -0.4 is 4.90 Å². The van der Waals surface area contributed by atoms with E-state index in [9.17, 15) is 13.2 Å². The maximum absolute atomic E-state index is 12.4. The third-order valence-electron chi connectivity index (χ3n) is 4.29. The Bertz CT molecular complexity index is 844. The molecule has 0 saturated heterocycles. The normalized spacial score (nSPS) is 14.3. The van der Waals surface area contributed by atoms with E-state index >= 15 is 0 Å². The molecule has 126 valence electrons. The third kappa shape index (κ3) is 3.85. The summed E-state index contributed by atoms with van der Waals surface area (Å²) in [5, 5.41) is 0. The van der Waals surface area contributed by atoms with E-state index in [1.165, 1.54) is 0 Å². The van der Waals surface area contributed by atoms with Crippen LogP contribution in [0.25, 0.3) is 11.1 Å². The molecule has 24 heavy (non-hydrogen) atoms. The first-order valence-electron chi connectivity index (χ1n) is 8.10. The molecule has 3 rings (SSSR count). The van der Waals surface area contributed by atoms with E-state index in [-0.39, 0.29) is 18.1 Å². The van der Waals surface area contributed by atoms with Crippen molar-refractivity contribution in [2.45, 2.75) is 19.3 Å². The molecule has 0 aliphatic carbocycles. The maximum atomic E-state index is 12.4. The van der Waals surface area contributed by atoms with E-state index in [0.717, 1.165) is 41.5 Å². The number of carbonyl (C=O) groups is 1. The number of benzene rings is 2. The Hall–Kier alpha value is -2.14. The second kappa shape index (κ2) is 6.77. The lowest BCUT2D eigenvalue weighted by Gasteiger charge is -2.30. The molecule has 2 aromatic carbocycles. The zero-order valence-corrected chi connectivity index (χ0v) is 14.6. The van der Waals surface area contributed by atoms with Crippen molar-refractivity contribution in [3.05, 3.63) is 54.1 Å². The minimum Gasteiger partial charge on any atom is -0.312 e. The van der Waals surface area contributed by atoms with Gasteiger partial charge in [0.1, 0.15) is 9.84 Å². The first-order chi connectivity index (χ1) is 11.4. The molecule has 1 heterocycles. The van der Waals surface area contributed by atoms with Crippen LogP contribution in [-0.2, 0) is 21.1 Å². The zero-order valence-electron chi connectivity index (χ0n) is 13.7. The van der Waals surface area contributed by atoms with Gasteiger partial charge in [0.25, 0.3) is 0 Å².